The van der Waals surface area contributed by atoms with Crippen molar-refractivity contribution in [1.82, 2.24) is 19.7 Å². The van der Waals surface area contributed by atoms with Gasteiger partial charge in [0.05, 0.1) is 17.1 Å². The van der Waals surface area contributed by atoms with Crippen molar-refractivity contribution in [3.8, 4) is 16.9 Å². The molecule has 0 bridgehead atoms. The Morgan fingerprint density at radius 2 is 1.60 bits per heavy atom. The Bertz CT molecular complexity index is 977. The number of aromatic nitrogens is 4. The SMILES string of the molecule is Cc1nn(-c2ccccc2)cc1-c1ccnc(Nc2ccccc2)n1. The lowest BCUT2D eigenvalue weighted by Gasteiger charge is -2.05. The minimum Gasteiger partial charge on any atom is -0.324 e. The predicted molar refractivity (Wildman–Crippen MR) is 99.1 cm³/mol. The van der Waals surface area contributed by atoms with Crippen LogP contribution in [0.1, 0.15) is 5.69 Å². The molecule has 0 saturated heterocycles. The molecule has 0 aliphatic rings. The lowest BCUT2D eigenvalue weighted by atomic mass is 10.2. The number of anilines is 2. The first-order valence-electron chi connectivity index (χ1n) is 8.07. The van der Waals surface area contributed by atoms with Gasteiger partial charge < -0.3 is 5.32 Å². The predicted octanol–water partition coefficient (Wildman–Crippen LogP) is 4.38. The monoisotopic (exact) mass is 327 g/mol. The lowest BCUT2D eigenvalue weighted by molar-refractivity contribution is 0.863. The van der Waals surface area contributed by atoms with E-state index in [1.807, 2.05) is 84.5 Å². The van der Waals surface area contributed by atoms with Gasteiger partial charge in [0, 0.05) is 23.6 Å². The van der Waals surface area contributed by atoms with Crippen molar-refractivity contribution in [2.24, 2.45) is 0 Å². The number of nitrogens with zero attached hydrogens (tertiary/aromatic N) is 4. The average molecular weight is 327 g/mol. The summed E-state index contributed by atoms with van der Waals surface area (Å²) in [6, 6.07) is 21.8. The fraction of sp³-hybridized carbons (Fsp3) is 0.0500. The molecular formula is C20H17N5. The second-order valence-corrected chi connectivity index (χ2v) is 5.66. The highest BCUT2D eigenvalue weighted by Gasteiger charge is 2.11. The van der Waals surface area contributed by atoms with E-state index >= 15 is 0 Å². The molecule has 2 aromatic carbocycles. The number of hydrogen-bond donors (Lipinski definition) is 1. The third kappa shape index (κ3) is 3.26. The number of benzene rings is 2. The van der Waals surface area contributed by atoms with Crippen molar-refractivity contribution < 1.29 is 0 Å². The molecule has 0 radical (unpaired) electrons. The molecule has 0 fully saturated rings. The summed E-state index contributed by atoms with van der Waals surface area (Å²) >= 11 is 0. The fourth-order valence-electron chi connectivity index (χ4n) is 2.64. The Kier molecular flexibility index (Phi) is 3.96. The summed E-state index contributed by atoms with van der Waals surface area (Å²) in [5, 5.41) is 7.83. The molecule has 1 N–H and O–H groups in total. The van der Waals surface area contributed by atoms with Crippen LogP contribution in [0, 0.1) is 6.92 Å². The van der Waals surface area contributed by atoms with Gasteiger partial charge in [-0.05, 0) is 37.3 Å². The lowest BCUT2D eigenvalue weighted by Crippen LogP contribution is -1.97. The van der Waals surface area contributed by atoms with Crippen LogP contribution in [0.3, 0.4) is 0 Å². The number of hydrogen-bond acceptors (Lipinski definition) is 4. The third-order valence-electron chi connectivity index (χ3n) is 3.88. The van der Waals surface area contributed by atoms with E-state index in [4.69, 9.17) is 0 Å². The molecule has 25 heavy (non-hydrogen) atoms. The van der Waals surface area contributed by atoms with Gasteiger partial charge in [-0.15, -0.1) is 0 Å². The number of para-hydroxylation sites is 2. The summed E-state index contributed by atoms with van der Waals surface area (Å²) in [6.07, 6.45) is 3.76. The van der Waals surface area contributed by atoms with Gasteiger partial charge in [0.25, 0.3) is 0 Å². The van der Waals surface area contributed by atoms with E-state index in [0.29, 0.717) is 5.95 Å². The van der Waals surface area contributed by atoms with E-state index in [-0.39, 0.29) is 0 Å². The van der Waals surface area contributed by atoms with Crippen molar-refractivity contribution in [3.63, 3.8) is 0 Å². The molecule has 0 aliphatic carbocycles. The summed E-state index contributed by atoms with van der Waals surface area (Å²) in [6.45, 7) is 1.99. The Labute approximate surface area is 146 Å². The van der Waals surface area contributed by atoms with Crippen LogP contribution in [0.4, 0.5) is 11.6 Å². The Balaban J connectivity index is 1.66. The standard InChI is InChI=1S/C20H17N5/c1-15-18(14-25(24-15)17-10-6-3-7-11-17)19-12-13-21-20(23-19)22-16-8-4-2-5-9-16/h2-14H,1H3,(H,21,22,23). The van der Waals surface area contributed by atoms with Crippen LogP contribution in [-0.4, -0.2) is 19.7 Å². The highest BCUT2D eigenvalue weighted by atomic mass is 15.3. The fourth-order valence-corrected chi connectivity index (χ4v) is 2.64. The van der Waals surface area contributed by atoms with Crippen LogP contribution < -0.4 is 5.32 Å². The van der Waals surface area contributed by atoms with Gasteiger partial charge in [-0.2, -0.15) is 5.10 Å². The van der Waals surface area contributed by atoms with Crippen molar-refractivity contribution in [1.29, 1.82) is 0 Å². The molecular weight excluding hydrogens is 310 g/mol. The van der Waals surface area contributed by atoms with Gasteiger partial charge in [0.2, 0.25) is 5.95 Å². The maximum Gasteiger partial charge on any atom is 0.227 e. The van der Waals surface area contributed by atoms with Crippen LogP contribution in [0.2, 0.25) is 0 Å². The van der Waals surface area contributed by atoms with Gasteiger partial charge in [0.15, 0.2) is 0 Å². The average Bonchev–Trinajstić information content (AvgIpc) is 3.05. The zero-order valence-electron chi connectivity index (χ0n) is 13.8. The van der Waals surface area contributed by atoms with E-state index in [1.165, 1.54) is 0 Å². The first-order valence-corrected chi connectivity index (χ1v) is 8.07. The molecule has 0 spiro atoms. The smallest absolute Gasteiger partial charge is 0.227 e. The van der Waals surface area contributed by atoms with Crippen molar-refractivity contribution in [2.45, 2.75) is 6.92 Å². The molecule has 2 aromatic heterocycles. The maximum atomic E-state index is 4.63. The highest BCUT2D eigenvalue weighted by Crippen LogP contribution is 2.23. The Hall–Kier alpha value is -3.47. The van der Waals surface area contributed by atoms with Crippen molar-refractivity contribution in [3.05, 3.63) is 84.8 Å². The summed E-state index contributed by atoms with van der Waals surface area (Å²) in [4.78, 5) is 8.94. The summed E-state index contributed by atoms with van der Waals surface area (Å²) < 4.78 is 1.87. The molecule has 0 atom stereocenters. The van der Waals surface area contributed by atoms with E-state index in [1.54, 1.807) is 6.20 Å². The van der Waals surface area contributed by atoms with E-state index in [9.17, 15) is 0 Å². The van der Waals surface area contributed by atoms with Crippen LogP contribution in [-0.2, 0) is 0 Å². The normalized spacial score (nSPS) is 10.6. The maximum absolute atomic E-state index is 4.63. The zero-order chi connectivity index (χ0) is 17.1. The Morgan fingerprint density at radius 3 is 2.36 bits per heavy atom. The molecule has 0 unspecified atom stereocenters. The molecule has 0 aliphatic heterocycles. The van der Waals surface area contributed by atoms with Crippen LogP contribution >= 0.6 is 0 Å². The highest BCUT2D eigenvalue weighted by molar-refractivity contribution is 5.64. The van der Waals surface area contributed by atoms with Gasteiger partial charge in [-0.3, -0.25) is 0 Å². The second-order valence-electron chi connectivity index (χ2n) is 5.66. The Morgan fingerprint density at radius 1 is 0.880 bits per heavy atom. The molecule has 5 nitrogen and oxygen atoms in total. The van der Waals surface area contributed by atoms with Gasteiger partial charge in [-0.1, -0.05) is 36.4 Å². The van der Waals surface area contributed by atoms with Gasteiger partial charge >= 0.3 is 0 Å². The van der Waals surface area contributed by atoms with E-state index < -0.39 is 0 Å². The van der Waals surface area contributed by atoms with Crippen LogP contribution in [0.5, 0.6) is 0 Å². The summed E-state index contributed by atoms with van der Waals surface area (Å²) in [5.74, 6) is 0.565. The molecule has 0 saturated carbocycles. The van der Waals surface area contributed by atoms with Gasteiger partial charge in [-0.25, -0.2) is 14.6 Å². The molecule has 4 aromatic rings. The first kappa shape index (κ1) is 15.1. The largest absolute Gasteiger partial charge is 0.324 e. The quantitative estimate of drug-likeness (QED) is 0.604. The minimum atomic E-state index is 0.565. The molecule has 5 heteroatoms. The number of rotatable bonds is 4. The molecule has 4 rings (SSSR count). The topological polar surface area (TPSA) is 55.6 Å². The summed E-state index contributed by atoms with van der Waals surface area (Å²) in [7, 11) is 0. The zero-order valence-corrected chi connectivity index (χ0v) is 13.8. The molecule has 2 heterocycles. The number of nitrogens with one attached hydrogen (secondary N) is 1. The van der Waals surface area contributed by atoms with Gasteiger partial charge in [0.1, 0.15) is 0 Å². The van der Waals surface area contributed by atoms with Crippen molar-refractivity contribution in [2.75, 3.05) is 5.32 Å². The third-order valence-corrected chi connectivity index (χ3v) is 3.88. The van der Waals surface area contributed by atoms with E-state index in [0.717, 1.165) is 28.3 Å². The molecule has 122 valence electrons. The first-order chi connectivity index (χ1) is 12.3. The van der Waals surface area contributed by atoms with E-state index in [2.05, 4.69) is 20.4 Å². The summed E-state index contributed by atoms with van der Waals surface area (Å²) in [5.41, 5.74) is 4.73. The number of aryl methyl sites for hydroxylation is 1. The van der Waals surface area contributed by atoms with Crippen molar-refractivity contribution >= 4 is 11.6 Å². The van der Waals surface area contributed by atoms with Crippen LogP contribution in [0.15, 0.2) is 79.1 Å². The minimum absolute atomic E-state index is 0.565. The molecule has 0 amide bonds. The van der Waals surface area contributed by atoms with Crippen LogP contribution in [0.25, 0.3) is 16.9 Å². The second kappa shape index (κ2) is 6.57.